The van der Waals surface area contributed by atoms with Crippen LogP contribution in [0, 0.1) is 29.1 Å². The Kier molecular flexibility index (Phi) is 13.3. The van der Waals surface area contributed by atoms with Gasteiger partial charge in [0.05, 0.1) is 9.81 Å². The minimum atomic E-state index is -9.51. The molecule has 0 N–H and O–H groups in total. The lowest BCUT2D eigenvalue weighted by molar-refractivity contribution is -0.507. The van der Waals surface area contributed by atoms with E-state index >= 15 is 0 Å². The van der Waals surface area contributed by atoms with Gasteiger partial charge >= 0.3 is 71.9 Å². The van der Waals surface area contributed by atoms with Crippen molar-refractivity contribution in [2.75, 3.05) is 0 Å². The molecule has 0 bridgehead atoms. The summed E-state index contributed by atoms with van der Waals surface area (Å²) in [6.07, 6.45) is -8.29. The quantitative estimate of drug-likeness (QED) is 0.0314. The standard InChI is InChI=1S/C19F33N3O3S/c20-1-2(21)4(23)6(5(24)3(1)22)59(56,57)55(19(48,49)17(44,45)53(50)16(42,43)18(46,47)54(51)52)58-8(26)7(25)9(27,28)10(29,30)11(31,32)12(33,34)13(35,36)14(37,38)15(39,40)41. The third kappa shape index (κ3) is 7.33. The lowest BCUT2D eigenvalue weighted by Gasteiger charge is -2.41. The van der Waals surface area contributed by atoms with Crippen molar-refractivity contribution >= 4 is 10.0 Å². The third-order valence-corrected chi connectivity index (χ3v) is 7.86. The molecule has 0 aliphatic heterocycles. The van der Waals surface area contributed by atoms with Crippen LogP contribution in [0.5, 0.6) is 0 Å². The molecule has 346 valence electrons. The second-order valence-corrected chi connectivity index (χ2v) is 11.6. The zero-order valence-electron chi connectivity index (χ0n) is 24.9. The van der Waals surface area contributed by atoms with Gasteiger partial charge in [-0.25, -0.2) is 30.4 Å². The zero-order chi connectivity index (χ0) is 48.1. The van der Waals surface area contributed by atoms with Gasteiger partial charge in [-0.05, 0) is 5.12 Å². The van der Waals surface area contributed by atoms with E-state index in [1.165, 1.54) is 0 Å². The Morgan fingerprint density at radius 2 is 0.746 bits per heavy atom. The molecule has 0 atom stereocenters. The molecule has 0 spiro atoms. The molecule has 0 fully saturated rings. The molecule has 0 aromatic heterocycles. The number of allylic oxidation sites excluding steroid dienone is 1. The Balaban J connectivity index is 4.41. The van der Waals surface area contributed by atoms with Crippen LogP contribution in [0.25, 0.3) is 0 Å². The highest BCUT2D eigenvalue weighted by Gasteiger charge is 2.94. The fourth-order valence-corrected chi connectivity index (χ4v) is 4.49. The maximum atomic E-state index is 14.8. The lowest BCUT2D eigenvalue weighted by atomic mass is 9.91. The van der Waals surface area contributed by atoms with Crippen LogP contribution in [0.2, 0.25) is 0 Å². The molecule has 0 aliphatic carbocycles. The summed E-state index contributed by atoms with van der Waals surface area (Å²) in [5, 5.41) is -9.47. The van der Waals surface area contributed by atoms with Crippen LogP contribution >= 0.6 is 0 Å². The van der Waals surface area contributed by atoms with Gasteiger partial charge in [0.25, 0.3) is 10.0 Å². The van der Waals surface area contributed by atoms with E-state index in [1.54, 1.807) is 4.84 Å². The van der Waals surface area contributed by atoms with Crippen molar-refractivity contribution in [2.24, 2.45) is 0 Å². The average molecular weight is 977 g/mol. The molecular weight excluding hydrogens is 977 g/mol. The molecule has 0 aliphatic rings. The van der Waals surface area contributed by atoms with Gasteiger partial charge in [-0.1, -0.05) is 8.96 Å². The van der Waals surface area contributed by atoms with Gasteiger partial charge in [-0.2, -0.15) is 110 Å². The number of nitrogens with zero attached hydrogens (tertiary/aromatic N) is 3. The molecule has 59 heavy (non-hydrogen) atoms. The normalized spacial score (nSPS) is 16.1. The van der Waals surface area contributed by atoms with Gasteiger partial charge in [-0.3, -0.25) is 0 Å². The Hall–Kier alpha value is -3.72. The average Bonchev–Trinajstić information content (AvgIpc) is 3.06. The predicted octanol–water partition coefficient (Wildman–Crippen LogP) is 10.4. The summed E-state index contributed by atoms with van der Waals surface area (Å²) in [6.45, 7) is 0. The van der Waals surface area contributed by atoms with Gasteiger partial charge in [0, 0.05) is 0 Å². The highest BCUT2D eigenvalue weighted by Crippen LogP contribution is 2.63. The Labute approximate surface area is 296 Å². The molecule has 40 heteroatoms. The highest BCUT2D eigenvalue weighted by molar-refractivity contribution is 7.89. The predicted molar refractivity (Wildman–Crippen MR) is 108 cm³/mol. The molecule has 0 amide bonds. The van der Waals surface area contributed by atoms with E-state index < -0.39 is 137 Å². The monoisotopic (exact) mass is 977 g/mol. The number of hydroxylamine groups is 1. The molecule has 0 radical (unpaired) electrons. The summed E-state index contributed by atoms with van der Waals surface area (Å²) in [7, 11) is -9.04. The van der Waals surface area contributed by atoms with Crippen LogP contribution < -0.4 is 0 Å². The first kappa shape index (κ1) is 53.3. The van der Waals surface area contributed by atoms with Crippen molar-refractivity contribution in [2.45, 2.75) is 70.8 Å². The summed E-state index contributed by atoms with van der Waals surface area (Å²) in [5.74, 6) is -81.8. The fraction of sp³-hybridized carbons (Fsp3) is 0.579. The van der Waals surface area contributed by atoms with E-state index in [1.807, 2.05) is 0 Å². The third-order valence-electron chi connectivity index (χ3n) is 6.24. The van der Waals surface area contributed by atoms with E-state index in [4.69, 9.17) is 0 Å². The molecular formula is C19F33N3O3S. The largest absolute Gasteiger partial charge is 0.460 e. The minimum Gasteiger partial charge on any atom is -0.351 e. The number of benzene rings is 1. The van der Waals surface area contributed by atoms with Gasteiger partial charge < -0.3 is 4.84 Å². The van der Waals surface area contributed by atoms with E-state index in [0.29, 0.717) is 0 Å². The van der Waals surface area contributed by atoms with Gasteiger partial charge in [0.1, 0.15) is 0 Å². The number of alkyl halides is 23. The topological polar surface area (TPSA) is 53.1 Å². The van der Waals surface area contributed by atoms with Crippen molar-refractivity contribution in [3.8, 4) is 0 Å². The van der Waals surface area contributed by atoms with Crippen LogP contribution in [0.4, 0.5) is 145 Å². The van der Waals surface area contributed by atoms with Crippen molar-refractivity contribution in [3.63, 3.8) is 0 Å². The Morgan fingerprint density at radius 1 is 0.441 bits per heavy atom. The van der Waals surface area contributed by atoms with Crippen LogP contribution in [-0.2, 0) is 14.9 Å². The maximum absolute atomic E-state index is 14.8. The molecule has 0 heterocycles. The van der Waals surface area contributed by atoms with Crippen molar-refractivity contribution in [3.05, 3.63) is 40.9 Å². The SMILES string of the molecule is O=S(=O)(c1c(F)c(F)c(F)c(F)c1F)N(OC(F)=C(F)C(F)(F)C(F)(F)C(F)(F)C(F)(F)C(F)(F)C(F)(F)C(F)(F)F)C(F)(F)C(F)(F)N(F)C(F)(F)C(F)(F)N(F)F. The van der Waals surface area contributed by atoms with Crippen molar-refractivity contribution in [1.29, 1.82) is 0 Å². The molecule has 0 unspecified atom stereocenters. The van der Waals surface area contributed by atoms with E-state index in [-0.39, 0.29) is 0 Å². The van der Waals surface area contributed by atoms with Gasteiger partial charge in [0.2, 0.25) is 11.6 Å². The summed E-state index contributed by atoms with van der Waals surface area (Å²) in [5.41, 5.74) is 0. The van der Waals surface area contributed by atoms with Crippen LogP contribution in [-0.4, -0.2) is 89.2 Å². The smallest absolute Gasteiger partial charge is 0.351 e. The number of hydrogen-bond acceptors (Lipinski definition) is 5. The minimum absolute atomic E-state index is 1.78. The first-order chi connectivity index (χ1) is 25.4. The molecule has 6 nitrogen and oxygen atoms in total. The van der Waals surface area contributed by atoms with E-state index in [0.717, 1.165) is 0 Å². The highest BCUT2D eigenvalue weighted by atomic mass is 32.2. The summed E-state index contributed by atoms with van der Waals surface area (Å²) < 4.78 is 467. The Bertz CT molecular complexity index is 1880. The fourth-order valence-electron chi connectivity index (χ4n) is 3.12. The van der Waals surface area contributed by atoms with Gasteiger partial charge in [0.15, 0.2) is 28.2 Å². The van der Waals surface area contributed by atoms with Crippen LogP contribution in [0.3, 0.4) is 0 Å². The number of rotatable bonds is 16. The second kappa shape index (κ2) is 14.7. The van der Waals surface area contributed by atoms with Crippen LogP contribution in [0.15, 0.2) is 16.7 Å². The molecule has 1 aromatic rings. The molecule has 1 aromatic carbocycles. The number of hydrogen-bond donors (Lipinski definition) is 0. The first-order valence-corrected chi connectivity index (χ1v) is 13.6. The number of halogens is 33. The van der Waals surface area contributed by atoms with Crippen molar-refractivity contribution < 1.29 is 158 Å². The lowest BCUT2D eigenvalue weighted by Crippen LogP contribution is -2.72. The summed E-state index contributed by atoms with van der Waals surface area (Å²) in [4.78, 5) is -2.70. The van der Waals surface area contributed by atoms with Gasteiger partial charge in [-0.15, -0.1) is 4.48 Å². The van der Waals surface area contributed by atoms with E-state index in [2.05, 4.69) is 0 Å². The second-order valence-electron chi connectivity index (χ2n) is 9.93. The summed E-state index contributed by atoms with van der Waals surface area (Å²) >= 11 is 0. The maximum Gasteiger partial charge on any atom is 0.460 e. The van der Waals surface area contributed by atoms with Crippen LogP contribution in [0.1, 0.15) is 0 Å². The molecule has 0 saturated carbocycles. The first-order valence-electron chi connectivity index (χ1n) is 12.2. The zero-order valence-corrected chi connectivity index (χ0v) is 25.8. The summed E-state index contributed by atoms with van der Waals surface area (Å²) in [6, 6.07) is -40.0. The van der Waals surface area contributed by atoms with E-state index in [9.17, 15) is 154 Å². The molecule has 1 rings (SSSR count). The van der Waals surface area contributed by atoms with Crippen molar-refractivity contribution in [1.82, 2.24) is 14.9 Å². The molecule has 0 saturated heterocycles. The number of sulfonamides is 1. The Morgan fingerprint density at radius 3 is 1.08 bits per heavy atom.